The lowest BCUT2D eigenvalue weighted by Gasteiger charge is -2.26. The van der Waals surface area contributed by atoms with Crippen LogP contribution in [0.1, 0.15) is 12.5 Å². The smallest absolute Gasteiger partial charge is 0.240 e. The second kappa shape index (κ2) is 9.97. The highest BCUT2D eigenvalue weighted by Crippen LogP contribution is 2.13. The molecule has 1 fully saturated rings. The summed E-state index contributed by atoms with van der Waals surface area (Å²) in [6.45, 7) is 6.05. The molecular formula is C14H23Cl2N3O2. The Hall–Kier alpha value is -0.850. The molecule has 1 aliphatic rings. The molecule has 5 nitrogen and oxygen atoms in total. The number of nitrogens with two attached hydrogens (primary N) is 1. The van der Waals surface area contributed by atoms with E-state index in [1.54, 1.807) is 6.92 Å². The predicted molar refractivity (Wildman–Crippen MR) is 89.3 cm³/mol. The van der Waals surface area contributed by atoms with Crippen LogP contribution in [0.3, 0.4) is 0 Å². The van der Waals surface area contributed by atoms with Crippen LogP contribution in [0.5, 0.6) is 0 Å². The second-order valence-corrected chi connectivity index (χ2v) is 4.87. The lowest BCUT2D eigenvalue weighted by molar-refractivity contribution is -0.117. The van der Waals surface area contributed by atoms with Gasteiger partial charge in [-0.25, -0.2) is 0 Å². The number of carbonyl (C=O) groups excluding carboxylic acids is 1. The number of amides is 1. The van der Waals surface area contributed by atoms with Crippen LogP contribution in [0.25, 0.3) is 0 Å². The fraction of sp³-hybridized carbons (Fsp3) is 0.500. The van der Waals surface area contributed by atoms with Gasteiger partial charge < -0.3 is 15.8 Å². The summed E-state index contributed by atoms with van der Waals surface area (Å²) < 4.78 is 5.33. The van der Waals surface area contributed by atoms with E-state index in [4.69, 9.17) is 10.5 Å². The number of benzene rings is 1. The van der Waals surface area contributed by atoms with Crippen molar-refractivity contribution < 1.29 is 9.53 Å². The van der Waals surface area contributed by atoms with Crippen LogP contribution in [0.15, 0.2) is 24.3 Å². The van der Waals surface area contributed by atoms with Crippen molar-refractivity contribution in [3.8, 4) is 0 Å². The highest BCUT2D eigenvalue weighted by Gasteiger charge is 2.11. The molecule has 21 heavy (non-hydrogen) atoms. The predicted octanol–water partition coefficient (Wildman–Crippen LogP) is 1.65. The monoisotopic (exact) mass is 335 g/mol. The Balaban J connectivity index is 0.00000200. The van der Waals surface area contributed by atoms with Crippen molar-refractivity contribution >= 4 is 36.4 Å². The number of ether oxygens (including phenoxy) is 1. The SMILES string of the molecule is C[C@@H](N)C(=O)Nc1cccc(CN2CCOCC2)c1.Cl.Cl. The number of nitrogens with zero attached hydrogens (tertiary/aromatic N) is 1. The third kappa shape index (κ3) is 6.63. The maximum atomic E-state index is 11.6. The van der Waals surface area contributed by atoms with Gasteiger partial charge in [0, 0.05) is 25.3 Å². The molecule has 1 heterocycles. The first-order valence-electron chi connectivity index (χ1n) is 6.60. The van der Waals surface area contributed by atoms with Gasteiger partial charge in [-0.15, -0.1) is 24.8 Å². The van der Waals surface area contributed by atoms with E-state index >= 15 is 0 Å². The lowest BCUT2D eigenvalue weighted by Crippen LogP contribution is -2.35. The zero-order valence-electron chi connectivity index (χ0n) is 12.1. The van der Waals surface area contributed by atoms with Crippen LogP contribution in [0.4, 0.5) is 5.69 Å². The summed E-state index contributed by atoms with van der Waals surface area (Å²) in [4.78, 5) is 13.9. The Kier molecular flexibility index (Phi) is 9.57. The van der Waals surface area contributed by atoms with Gasteiger partial charge in [0.2, 0.25) is 5.91 Å². The van der Waals surface area contributed by atoms with Crippen molar-refractivity contribution in [3.05, 3.63) is 29.8 Å². The van der Waals surface area contributed by atoms with Gasteiger partial charge >= 0.3 is 0 Å². The van der Waals surface area contributed by atoms with E-state index in [9.17, 15) is 4.79 Å². The van der Waals surface area contributed by atoms with Crippen LogP contribution < -0.4 is 11.1 Å². The van der Waals surface area contributed by atoms with Gasteiger partial charge in [-0.2, -0.15) is 0 Å². The number of hydrogen-bond acceptors (Lipinski definition) is 4. The third-order valence-electron chi connectivity index (χ3n) is 3.12. The minimum atomic E-state index is -0.497. The minimum Gasteiger partial charge on any atom is -0.379 e. The highest BCUT2D eigenvalue weighted by molar-refractivity contribution is 5.94. The van der Waals surface area contributed by atoms with Gasteiger partial charge in [0.15, 0.2) is 0 Å². The van der Waals surface area contributed by atoms with E-state index in [1.807, 2.05) is 18.2 Å². The van der Waals surface area contributed by atoms with Gasteiger partial charge in [-0.05, 0) is 24.6 Å². The molecule has 0 radical (unpaired) electrons. The molecule has 1 saturated heterocycles. The normalized spacial score (nSPS) is 16.3. The van der Waals surface area contributed by atoms with E-state index in [-0.39, 0.29) is 30.7 Å². The van der Waals surface area contributed by atoms with Gasteiger partial charge in [0.1, 0.15) is 0 Å². The van der Waals surface area contributed by atoms with Crippen molar-refractivity contribution in [1.29, 1.82) is 0 Å². The van der Waals surface area contributed by atoms with E-state index in [2.05, 4.69) is 16.3 Å². The van der Waals surface area contributed by atoms with Crippen molar-refractivity contribution in [2.75, 3.05) is 31.6 Å². The second-order valence-electron chi connectivity index (χ2n) is 4.87. The van der Waals surface area contributed by atoms with Gasteiger partial charge in [0.05, 0.1) is 19.3 Å². The first-order valence-corrected chi connectivity index (χ1v) is 6.60. The number of hydrogen-bond donors (Lipinski definition) is 2. The fourth-order valence-electron chi connectivity index (χ4n) is 2.02. The number of rotatable bonds is 4. The van der Waals surface area contributed by atoms with Crippen LogP contribution in [-0.2, 0) is 16.1 Å². The van der Waals surface area contributed by atoms with E-state index in [0.717, 1.165) is 38.5 Å². The molecule has 0 saturated carbocycles. The summed E-state index contributed by atoms with van der Waals surface area (Å²) in [5, 5.41) is 2.81. The quantitative estimate of drug-likeness (QED) is 0.877. The molecule has 0 spiro atoms. The summed E-state index contributed by atoms with van der Waals surface area (Å²) in [6.07, 6.45) is 0. The Bertz CT molecular complexity index is 438. The molecule has 1 atom stereocenters. The van der Waals surface area contributed by atoms with Crippen molar-refractivity contribution in [3.63, 3.8) is 0 Å². The van der Waals surface area contributed by atoms with Crippen LogP contribution in [0.2, 0.25) is 0 Å². The van der Waals surface area contributed by atoms with Crippen LogP contribution >= 0.6 is 24.8 Å². The van der Waals surface area contributed by atoms with Gasteiger partial charge in [-0.3, -0.25) is 9.69 Å². The average molecular weight is 336 g/mol. The molecule has 2 rings (SSSR count). The van der Waals surface area contributed by atoms with Gasteiger partial charge in [0.25, 0.3) is 0 Å². The van der Waals surface area contributed by atoms with Crippen LogP contribution in [-0.4, -0.2) is 43.2 Å². The summed E-state index contributed by atoms with van der Waals surface area (Å²) in [5.41, 5.74) is 7.52. The van der Waals surface area contributed by atoms with E-state index < -0.39 is 6.04 Å². The average Bonchev–Trinajstić information content (AvgIpc) is 2.40. The number of halogens is 2. The zero-order valence-corrected chi connectivity index (χ0v) is 13.7. The Morgan fingerprint density at radius 3 is 2.67 bits per heavy atom. The largest absolute Gasteiger partial charge is 0.379 e. The molecule has 1 aliphatic heterocycles. The summed E-state index contributed by atoms with van der Waals surface area (Å²) in [5.74, 6) is -0.163. The number of morpholine rings is 1. The molecule has 3 N–H and O–H groups in total. The number of carbonyl (C=O) groups is 1. The summed E-state index contributed by atoms with van der Waals surface area (Å²) in [6, 6.07) is 7.39. The molecule has 120 valence electrons. The van der Waals surface area contributed by atoms with Crippen molar-refractivity contribution in [2.45, 2.75) is 19.5 Å². The summed E-state index contributed by atoms with van der Waals surface area (Å²) in [7, 11) is 0. The summed E-state index contributed by atoms with van der Waals surface area (Å²) >= 11 is 0. The minimum absolute atomic E-state index is 0. The van der Waals surface area contributed by atoms with Gasteiger partial charge in [-0.1, -0.05) is 12.1 Å². The fourth-order valence-corrected chi connectivity index (χ4v) is 2.02. The first-order chi connectivity index (χ1) is 9.15. The zero-order chi connectivity index (χ0) is 13.7. The molecule has 0 bridgehead atoms. The first kappa shape index (κ1) is 20.1. The number of nitrogens with one attached hydrogen (secondary N) is 1. The molecule has 0 unspecified atom stereocenters. The van der Waals surface area contributed by atoms with E-state index in [1.165, 1.54) is 5.56 Å². The Morgan fingerprint density at radius 2 is 2.05 bits per heavy atom. The Labute approximate surface area is 138 Å². The van der Waals surface area contributed by atoms with Crippen LogP contribution in [0, 0.1) is 0 Å². The maximum Gasteiger partial charge on any atom is 0.240 e. The van der Waals surface area contributed by atoms with E-state index in [0.29, 0.717) is 0 Å². The standard InChI is InChI=1S/C14H21N3O2.2ClH/c1-11(15)14(18)16-13-4-2-3-12(9-13)10-17-5-7-19-8-6-17;;/h2-4,9,11H,5-8,10,15H2,1H3,(H,16,18);2*1H/t11-;;/m1../s1. The van der Waals surface area contributed by atoms with Crippen molar-refractivity contribution in [2.24, 2.45) is 5.73 Å². The highest BCUT2D eigenvalue weighted by atomic mass is 35.5. The van der Waals surface area contributed by atoms with Crippen molar-refractivity contribution in [1.82, 2.24) is 4.90 Å². The molecule has 0 aliphatic carbocycles. The molecule has 7 heteroatoms. The lowest BCUT2D eigenvalue weighted by atomic mass is 10.1. The number of anilines is 1. The molecule has 1 amide bonds. The molecule has 1 aromatic carbocycles. The Morgan fingerprint density at radius 1 is 1.38 bits per heavy atom. The topological polar surface area (TPSA) is 67.6 Å². The third-order valence-corrected chi connectivity index (χ3v) is 3.12. The molecular weight excluding hydrogens is 313 g/mol. The maximum absolute atomic E-state index is 11.6. The molecule has 1 aromatic rings. The molecule has 0 aromatic heterocycles.